The number of H-pyrrole nitrogens is 1. The maximum absolute atomic E-state index is 12.7. The van der Waals surface area contributed by atoms with Crippen LogP contribution >= 0.6 is 11.3 Å². The molecule has 0 atom stereocenters. The summed E-state index contributed by atoms with van der Waals surface area (Å²) in [5, 5.41) is 2.02. The zero-order valence-corrected chi connectivity index (χ0v) is 15.3. The molecule has 0 unspecified atom stereocenters. The predicted molar refractivity (Wildman–Crippen MR) is 94.4 cm³/mol. The third-order valence-electron chi connectivity index (χ3n) is 3.89. The molecule has 0 aliphatic heterocycles. The van der Waals surface area contributed by atoms with Crippen molar-refractivity contribution < 1.29 is 9.53 Å². The Morgan fingerprint density at radius 1 is 1.38 bits per heavy atom. The minimum Gasteiger partial charge on any atom is -0.383 e. The van der Waals surface area contributed by atoms with Gasteiger partial charge in [-0.05, 0) is 37.8 Å². The highest BCUT2D eigenvalue weighted by molar-refractivity contribution is 7.10. The second kappa shape index (κ2) is 8.21. The number of ether oxygens (including phenoxy) is 1. The van der Waals surface area contributed by atoms with Crippen molar-refractivity contribution in [1.82, 2.24) is 14.9 Å². The van der Waals surface area contributed by atoms with Crippen LogP contribution in [0.2, 0.25) is 0 Å². The fourth-order valence-electron chi connectivity index (χ4n) is 2.46. The molecule has 1 amide bonds. The third kappa shape index (κ3) is 4.52. The molecular formula is C17H23N3O3S. The minimum atomic E-state index is -0.243. The number of nitrogens with zero attached hydrogens (tertiary/aromatic N) is 2. The molecule has 0 aromatic carbocycles. The van der Waals surface area contributed by atoms with Crippen molar-refractivity contribution in [2.45, 2.75) is 33.7 Å². The number of aromatic amines is 1. The van der Waals surface area contributed by atoms with E-state index in [1.54, 1.807) is 37.2 Å². The molecule has 2 aromatic heterocycles. The summed E-state index contributed by atoms with van der Waals surface area (Å²) >= 11 is 1.63. The van der Waals surface area contributed by atoms with Crippen molar-refractivity contribution in [3.8, 4) is 0 Å². The molecule has 0 bridgehead atoms. The number of rotatable bonds is 7. The molecule has 0 aliphatic rings. The lowest BCUT2D eigenvalue weighted by molar-refractivity contribution is -0.131. The van der Waals surface area contributed by atoms with E-state index in [0.717, 1.165) is 4.88 Å². The van der Waals surface area contributed by atoms with Gasteiger partial charge in [-0.1, -0.05) is 0 Å². The summed E-state index contributed by atoms with van der Waals surface area (Å²) in [5.74, 6) is 0.457. The summed E-state index contributed by atoms with van der Waals surface area (Å²) in [6, 6.07) is 2.04. The SMILES string of the molecule is COCCN(Cc1sccc1C)C(=O)Cc1c(C)nc(C)[nH]c1=O. The first-order valence-electron chi connectivity index (χ1n) is 7.78. The number of hydrogen-bond donors (Lipinski definition) is 1. The van der Waals surface area contributed by atoms with Gasteiger partial charge in [0.15, 0.2) is 0 Å². The lowest BCUT2D eigenvalue weighted by Gasteiger charge is -2.22. The topological polar surface area (TPSA) is 75.3 Å². The van der Waals surface area contributed by atoms with Gasteiger partial charge >= 0.3 is 0 Å². The summed E-state index contributed by atoms with van der Waals surface area (Å²) in [4.78, 5) is 34.6. The Morgan fingerprint density at radius 2 is 2.12 bits per heavy atom. The van der Waals surface area contributed by atoms with Crippen molar-refractivity contribution in [1.29, 1.82) is 0 Å². The number of aromatic nitrogens is 2. The lowest BCUT2D eigenvalue weighted by Crippen LogP contribution is -2.36. The third-order valence-corrected chi connectivity index (χ3v) is 4.90. The quantitative estimate of drug-likeness (QED) is 0.829. The number of nitrogens with one attached hydrogen (secondary N) is 1. The summed E-state index contributed by atoms with van der Waals surface area (Å²) in [6.07, 6.45) is 0.0442. The molecule has 2 aromatic rings. The molecule has 0 saturated heterocycles. The molecule has 1 N–H and O–H groups in total. The molecule has 2 rings (SSSR count). The van der Waals surface area contributed by atoms with Gasteiger partial charge in [0.05, 0.1) is 19.6 Å². The largest absolute Gasteiger partial charge is 0.383 e. The molecule has 0 aliphatic carbocycles. The number of carbonyl (C=O) groups excluding carboxylic acids is 1. The van der Waals surface area contributed by atoms with Crippen molar-refractivity contribution in [2.75, 3.05) is 20.3 Å². The first-order chi connectivity index (χ1) is 11.4. The van der Waals surface area contributed by atoms with Crippen LogP contribution in [-0.4, -0.2) is 41.0 Å². The molecule has 24 heavy (non-hydrogen) atoms. The van der Waals surface area contributed by atoms with E-state index in [-0.39, 0.29) is 17.9 Å². The van der Waals surface area contributed by atoms with E-state index in [2.05, 4.69) is 9.97 Å². The van der Waals surface area contributed by atoms with E-state index in [1.165, 1.54) is 5.56 Å². The monoisotopic (exact) mass is 349 g/mol. The number of thiophene rings is 1. The number of hydrogen-bond acceptors (Lipinski definition) is 5. The molecule has 0 radical (unpaired) electrons. The zero-order valence-electron chi connectivity index (χ0n) is 14.5. The smallest absolute Gasteiger partial charge is 0.254 e. The van der Waals surface area contributed by atoms with Gasteiger partial charge in [0, 0.05) is 29.8 Å². The van der Waals surface area contributed by atoms with Crippen molar-refractivity contribution in [3.63, 3.8) is 0 Å². The summed E-state index contributed by atoms with van der Waals surface area (Å²) in [5.41, 5.74) is 1.95. The van der Waals surface area contributed by atoms with Gasteiger partial charge in [-0.25, -0.2) is 4.98 Å². The van der Waals surface area contributed by atoms with Crippen molar-refractivity contribution in [3.05, 3.63) is 49.3 Å². The van der Waals surface area contributed by atoms with Gasteiger partial charge in [0.25, 0.3) is 5.56 Å². The molecule has 0 fully saturated rings. The van der Waals surface area contributed by atoms with Crippen LogP contribution in [0, 0.1) is 20.8 Å². The number of aryl methyl sites for hydroxylation is 3. The molecule has 0 saturated carbocycles. The van der Waals surface area contributed by atoms with Crippen molar-refractivity contribution >= 4 is 17.2 Å². The molecule has 6 nitrogen and oxygen atoms in total. The Bertz CT molecular complexity index is 767. The highest BCUT2D eigenvalue weighted by atomic mass is 32.1. The van der Waals surface area contributed by atoms with Crippen LogP contribution in [0.3, 0.4) is 0 Å². The minimum absolute atomic E-state index is 0.0442. The first-order valence-corrected chi connectivity index (χ1v) is 8.66. The van der Waals surface area contributed by atoms with Crippen LogP contribution in [0.25, 0.3) is 0 Å². The van der Waals surface area contributed by atoms with E-state index in [4.69, 9.17) is 4.74 Å². The molecular weight excluding hydrogens is 326 g/mol. The average Bonchev–Trinajstić information content (AvgIpc) is 2.92. The highest BCUT2D eigenvalue weighted by Gasteiger charge is 2.19. The second-order valence-electron chi connectivity index (χ2n) is 5.73. The zero-order chi connectivity index (χ0) is 17.7. The molecule has 130 valence electrons. The maximum Gasteiger partial charge on any atom is 0.254 e. The number of carbonyl (C=O) groups is 1. The highest BCUT2D eigenvalue weighted by Crippen LogP contribution is 2.18. The Morgan fingerprint density at radius 3 is 2.71 bits per heavy atom. The molecule has 7 heteroatoms. The number of methoxy groups -OCH3 is 1. The lowest BCUT2D eigenvalue weighted by atomic mass is 10.1. The van der Waals surface area contributed by atoms with E-state index < -0.39 is 0 Å². The average molecular weight is 349 g/mol. The van der Waals surface area contributed by atoms with Crippen LogP contribution in [-0.2, 0) is 22.5 Å². The summed E-state index contributed by atoms with van der Waals surface area (Å²) in [6.45, 7) is 6.99. The van der Waals surface area contributed by atoms with E-state index in [9.17, 15) is 9.59 Å². The maximum atomic E-state index is 12.7. The van der Waals surface area contributed by atoms with Crippen LogP contribution in [0.4, 0.5) is 0 Å². The first kappa shape index (κ1) is 18.4. The van der Waals surface area contributed by atoms with Gasteiger partial charge in [-0.2, -0.15) is 0 Å². The van der Waals surface area contributed by atoms with Gasteiger partial charge in [-0.15, -0.1) is 11.3 Å². The van der Waals surface area contributed by atoms with Gasteiger partial charge in [0.1, 0.15) is 5.82 Å². The summed E-state index contributed by atoms with van der Waals surface area (Å²) in [7, 11) is 1.61. The Kier molecular flexibility index (Phi) is 6.28. The molecule has 0 spiro atoms. The van der Waals surface area contributed by atoms with Crippen LogP contribution in [0.15, 0.2) is 16.2 Å². The summed E-state index contributed by atoms with van der Waals surface area (Å²) < 4.78 is 5.11. The van der Waals surface area contributed by atoms with E-state index >= 15 is 0 Å². The molecule has 2 heterocycles. The number of amides is 1. The van der Waals surface area contributed by atoms with Gasteiger partial charge < -0.3 is 14.6 Å². The van der Waals surface area contributed by atoms with Crippen LogP contribution in [0.5, 0.6) is 0 Å². The Balaban J connectivity index is 2.19. The fourth-order valence-corrected chi connectivity index (χ4v) is 3.38. The fraction of sp³-hybridized carbons (Fsp3) is 0.471. The normalized spacial score (nSPS) is 10.8. The Labute approximate surface area is 145 Å². The standard InChI is InChI=1S/C17H23N3O3S/c1-11-5-8-24-15(11)10-20(6-7-23-4)16(21)9-14-12(2)18-13(3)19-17(14)22/h5,8H,6-7,9-10H2,1-4H3,(H,18,19,22). The predicted octanol–water partition coefficient (Wildman–Crippen LogP) is 1.97. The van der Waals surface area contributed by atoms with Crippen LogP contribution in [0.1, 0.15) is 27.5 Å². The van der Waals surface area contributed by atoms with Gasteiger partial charge in [0.2, 0.25) is 5.91 Å². The second-order valence-corrected chi connectivity index (χ2v) is 6.73. The van der Waals surface area contributed by atoms with Crippen molar-refractivity contribution in [2.24, 2.45) is 0 Å². The van der Waals surface area contributed by atoms with Gasteiger partial charge in [-0.3, -0.25) is 9.59 Å². The van der Waals surface area contributed by atoms with E-state index in [0.29, 0.717) is 36.8 Å². The Hall–Kier alpha value is -1.99. The van der Waals surface area contributed by atoms with E-state index in [1.807, 2.05) is 18.4 Å². The van der Waals surface area contributed by atoms with Crippen LogP contribution < -0.4 is 5.56 Å².